The minimum atomic E-state index is -0.455. The molecule has 76 valence electrons. The molecule has 2 nitrogen and oxygen atoms in total. The van der Waals surface area contributed by atoms with Crippen LogP contribution in [0.2, 0.25) is 0 Å². The molecule has 0 aromatic heterocycles. The summed E-state index contributed by atoms with van der Waals surface area (Å²) in [4.78, 5) is 11.7. The molecule has 3 unspecified atom stereocenters. The van der Waals surface area contributed by atoms with Crippen molar-refractivity contribution < 1.29 is 4.79 Å². The van der Waals surface area contributed by atoms with Crippen LogP contribution in [0.5, 0.6) is 0 Å². The van der Waals surface area contributed by atoms with Gasteiger partial charge < -0.3 is 0 Å². The van der Waals surface area contributed by atoms with E-state index in [9.17, 15) is 4.79 Å². The largest absolute Gasteiger partial charge is 0.298 e. The molecule has 0 spiro atoms. The normalized spacial score (nSPS) is 25.3. The molecule has 0 bridgehead atoms. The third-order valence-electron chi connectivity index (χ3n) is 3.00. The maximum absolute atomic E-state index is 11.7. The minimum Gasteiger partial charge on any atom is -0.298 e. The van der Waals surface area contributed by atoms with Gasteiger partial charge in [-0.2, -0.15) is 5.26 Å². The fourth-order valence-electron chi connectivity index (χ4n) is 1.96. The minimum absolute atomic E-state index is 0.0852. The number of Topliss-reactive ketones (excluding diaryl/α,β-unsaturated/α-hetero) is 1. The van der Waals surface area contributed by atoms with Crippen LogP contribution in [0.15, 0.2) is 30.3 Å². The van der Waals surface area contributed by atoms with Crippen LogP contribution in [-0.4, -0.2) is 5.78 Å². The molecule has 0 heterocycles. The highest BCUT2D eigenvalue weighted by molar-refractivity contribution is 5.88. The Kier molecular flexibility index (Phi) is 2.55. The summed E-state index contributed by atoms with van der Waals surface area (Å²) < 4.78 is 0. The predicted molar refractivity (Wildman–Crippen MR) is 57.1 cm³/mol. The lowest BCUT2D eigenvalue weighted by atomic mass is 10.0. The molecule has 3 atom stereocenters. The first-order valence-corrected chi connectivity index (χ1v) is 5.22. The highest BCUT2D eigenvalue weighted by Gasteiger charge is 2.44. The van der Waals surface area contributed by atoms with Crippen LogP contribution in [0.1, 0.15) is 24.8 Å². The van der Waals surface area contributed by atoms with E-state index in [1.807, 2.05) is 24.3 Å². The van der Waals surface area contributed by atoms with Gasteiger partial charge in [0.05, 0.1) is 6.07 Å². The number of ketones is 1. The number of nitrogens with zero attached hydrogens (tertiary/aromatic N) is 1. The standard InChI is InChI=1S/C13H13NO/c1-9(8-14)13(15)12-7-11(12)10-5-3-2-4-6-10/h2-6,9,11-12H,7H2,1H3. The molecule has 2 heteroatoms. The average molecular weight is 199 g/mol. The monoisotopic (exact) mass is 199 g/mol. The number of rotatable bonds is 3. The van der Waals surface area contributed by atoms with Crippen molar-refractivity contribution in [2.45, 2.75) is 19.3 Å². The Labute approximate surface area is 89.5 Å². The number of hydrogen-bond acceptors (Lipinski definition) is 2. The number of hydrogen-bond donors (Lipinski definition) is 0. The highest BCUT2D eigenvalue weighted by atomic mass is 16.1. The molecule has 0 saturated heterocycles. The van der Waals surface area contributed by atoms with Crippen molar-refractivity contribution in [2.24, 2.45) is 11.8 Å². The van der Waals surface area contributed by atoms with Gasteiger partial charge in [-0.3, -0.25) is 4.79 Å². The number of carbonyl (C=O) groups is 1. The van der Waals surface area contributed by atoms with E-state index in [4.69, 9.17) is 5.26 Å². The molecule has 0 aliphatic heterocycles. The van der Waals surface area contributed by atoms with Crippen LogP contribution in [0.25, 0.3) is 0 Å². The predicted octanol–water partition coefficient (Wildman–Crippen LogP) is 2.52. The van der Waals surface area contributed by atoms with Gasteiger partial charge >= 0.3 is 0 Å². The molecule has 1 aliphatic rings. The van der Waals surface area contributed by atoms with Crippen LogP contribution < -0.4 is 0 Å². The summed E-state index contributed by atoms with van der Waals surface area (Å²) in [5.74, 6) is 0.0895. The van der Waals surface area contributed by atoms with Crippen molar-refractivity contribution in [3.63, 3.8) is 0 Å². The average Bonchev–Trinajstić information content (AvgIpc) is 3.08. The van der Waals surface area contributed by atoms with Gasteiger partial charge in [0, 0.05) is 5.92 Å². The molecule has 2 rings (SSSR count). The molecular weight excluding hydrogens is 186 g/mol. The summed E-state index contributed by atoms with van der Waals surface area (Å²) in [5, 5.41) is 8.67. The Morgan fingerprint density at radius 2 is 2.13 bits per heavy atom. The molecule has 1 saturated carbocycles. The third kappa shape index (κ3) is 1.92. The summed E-state index contributed by atoms with van der Waals surface area (Å²) in [6.07, 6.45) is 0.912. The topological polar surface area (TPSA) is 40.9 Å². The summed E-state index contributed by atoms with van der Waals surface area (Å²) in [6, 6.07) is 12.1. The van der Waals surface area contributed by atoms with Gasteiger partial charge in [-0.05, 0) is 24.8 Å². The zero-order valence-corrected chi connectivity index (χ0v) is 8.68. The molecule has 1 aliphatic carbocycles. The fourth-order valence-corrected chi connectivity index (χ4v) is 1.96. The number of nitriles is 1. The molecular formula is C13H13NO. The summed E-state index contributed by atoms with van der Waals surface area (Å²) in [6.45, 7) is 1.68. The van der Waals surface area contributed by atoms with Crippen LogP contribution >= 0.6 is 0 Å². The fraction of sp³-hybridized carbons (Fsp3) is 0.385. The molecule has 0 radical (unpaired) electrons. The second-order valence-electron chi connectivity index (χ2n) is 4.11. The van der Waals surface area contributed by atoms with Gasteiger partial charge in [-0.25, -0.2) is 0 Å². The molecule has 1 aromatic rings. The van der Waals surface area contributed by atoms with Crippen LogP contribution in [0, 0.1) is 23.2 Å². The zero-order chi connectivity index (χ0) is 10.8. The van der Waals surface area contributed by atoms with Gasteiger partial charge in [0.15, 0.2) is 5.78 Å². The van der Waals surface area contributed by atoms with Crippen molar-refractivity contribution in [1.29, 1.82) is 5.26 Å². The van der Waals surface area contributed by atoms with Crippen molar-refractivity contribution in [3.05, 3.63) is 35.9 Å². The van der Waals surface area contributed by atoms with Gasteiger partial charge in [0.25, 0.3) is 0 Å². The Bertz CT molecular complexity index is 404. The van der Waals surface area contributed by atoms with Crippen molar-refractivity contribution >= 4 is 5.78 Å². The quantitative estimate of drug-likeness (QED) is 0.750. The molecule has 15 heavy (non-hydrogen) atoms. The van der Waals surface area contributed by atoms with E-state index in [1.54, 1.807) is 6.92 Å². The van der Waals surface area contributed by atoms with Crippen molar-refractivity contribution in [2.75, 3.05) is 0 Å². The molecule has 1 aromatic carbocycles. The van der Waals surface area contributed by atoms with Crippen molar-refractivity contribution in [1.82, 2.24) is 0 Å². The number of benzene rings is 1. The lowest BCUT2D eigenvalue weighted by molar-refractivity contribution is -0.122. The van der Waals surface area contributed by atoms with E-state index in [0.29, 0.717) is 5.92 Å². The van der Waals surface area contributed by atoms with Crippen LogP contribution in [-0.2, 0) is 4.79 Å². The van der Waals surface area contributed by atoms with Gasteiger partial charge in [0.2, 0.25) is 0 Å². The molecule has 0 N–H and O–H groups in total. The summed E-state index contributed by atoms with van der Waals surface area (Å²) in [7, 11) is 0. The lowest BCUT2D eigenvalue weighted by Gasteiger charge is -2.01. The summed E-state index contributed by atoms with van der Waals surface area (Å²) >= 11 is 0. The Morgan fingerprint density at radius 1 is 1.47 bits per heavy atom. The second kappa shape index (κ2) is 3.86. The smallest absolute Gasteiger partial charge is 0.153 e. The molecule has 0 amide bonds. The number of carbonyl (C=O) groups excluding carboxylic acids is 1. The van der Waals surface area contributed by atoms with E-state index in [1.165, 1.54) is 5.56 Å². The second-order valence-corrected chi connectivity index (χ2v) is 4.11. The first-order chi connectivity index (χ1) is 7.24. The summed E-state index contributed by atoms with van der Waals surface area (Å²) in [5.41, 5.74) is 1.22. The first-order valence-electron chi connectivity index (χ1n) is 5.22. The van der Waals surface area contributed by atoms with Gasteiger partial charge in [-0.15, -0.1) is 0 Å². The highest BCUT2D eigenvalue weighted by Crippen LogP contribution is 2.48. The maximum Gasteiger partial charge on any atom is 0.153 e. The van der Waals surface area contributed by atoms with E-state index >= 15 is 0 Å². The molecule has 1 fully saturated rings. The third-order valence-corrected chi connectivity index (χ3v) is 3.00. The first kappa shape index (κ1) is 9.92. The zero-order valence-electron chi connectivity index (χ0n) is 8.68. The Morgan fingerprint density at radius 3 is 2.73 bits per heavy atom. The van der Waals surface area contributed by atoms with E-state index < -0.39 is 5.92 Å². The van der Waals surface area contributed by atoms with E-state index in [-0.39, 0.29) is 11.7 Å². The van der Waals surface area contributed by atoms with Gasteiger partial charge in [0.1, 0.15) is 5.92 Å². The Hall–Kier alpha value is -1.62. The van der Waals surface area contributed by atoms with E-state index in [0.717, 1.165) is 6.42 Å². The Balaban J connectivity index is 2.03. The van der Waals surface area contributed by atoms with Gasteiger partial charge in [-0.1, -0.05) is 30.3 Å². The van der Waals surface area contributed by atoms with E-state index in [2.05, 4.69) is 12.1 Å². The lowest BCUT2D eigenvalue weighted by Crippen LogP contribution is -2.11. The van der Waals surface area contributed by atoms with Crippen LogP contribution in [0.3, 0.4) is 0 Å². The maximum atomic E-state index is 11.7. The SMILES string of the molecule is CC(C#N)C(=O)C1CC1c1ccccc1. The van der Waals surface area contributed by atoms with Crippen LogP contribution in [0.4, 0.5) is 0 Å². The van der Waals surface area contributed by atoms with Crippen molar-refractivity contribution in [3.8, 4) is 6.07 Å².